The summed E-state index contributed by atoms with van der Waals surface area (Å²) in [5, 5.41) is 10.9. The molecule has 6 heteroatoms. The Hall–Kier alpha value is -0.970. The number of ether oxygens (including phenoxy) is 1. The highest BCUT2D eigenvalue weighted by atomic mass is 35.5. The highest BCUT2D eigenvalue weighted by molar-refractivity contribution is 6.51. The summed E-state index contributed by atoms with van der Waals surface area (Å²) in [7, 11) is 0. The number of aliphatic hydroxyl groups is 1. The number of amides is 1. The van der Waals surface area contributed by atoms with Gasteiger partial charge in [0, 0.05) is 24.9 Å². The van der Waals surface area contributed by atoms with Crippen LogP contribution in [0.2, 0.25) is 0 Å². The quantitative estimate of drug-likeness (QED) is 0.713. The van der Waals surface area contributed by atoms with Gasteiger partial charge in [-0.15, -0.1) is 23.2 Å². The number of hydrogen-bond donors (Lipinski definition) is 1. The molecule has 2 aliphatic carbocycles. The van der Waals surface area contributed by atoms with E-state index < -0.39 is 15.5 Å². The number of carbonyl (C=O) groups is 1. The van der Waals surface area contributed by atoms with Crippen LogP contribution in [-0.2, 0) is 4.79 Å². The number of piperidine rings is 1. The van der Waals surface area contributed by atoms with E-state index >= 15 is 0 Å². The summed E-state index contributed by atoms with van der Waals surface area (Å²) in [5.74, 6) is 0.983. The summed E-state index contributed by atoms with van der Waals surface area (Å²) < 4.78 is 5.42. The van der Waals surface area contributed by atoms with Gasteiger partial charge >= 0.3 is 0 Å². The summed E-state index contributed by atoms with van der Waals surface area (Å²) in [6, 6.07) is 7.69. The maximum atomic E-state index is 13.2. The molecule has 3 atom stereocenters. The van der Waals surface area contributed by atoms with E-state index in [9.17, 15) is 9.90 Å². The summed E-state index contributed by atoms with van der Waals surface area (Å²) in [5.41, 5.74) is -0.457. The second kappa shape index (κ2) is 7.07. The number of carbonyl (C=O) groups excluding carboxylic acids is 1. The Morgan fingerprint density at radius 2 is 1.89 bits per heavy atom. The minimum absolute atomic E-state index is 0.0214. The Kier molecular flexibility index (Phi) is 5.13. The summed E-state index contributed by atoms with van der Waals surface area (Å²) in [4.78, 5) is 15.0. The average molecular weight is 426 g/mol. The van der Waals surface area contributed by atoms with Gasteiger partial charge in [0.2, 0.25) is 0 Å². The van der Waals surface area contributed by atoms with Crippen LogP contribution in [0.1, 0.15) is 63.9 Å². The first-order valence-corrected chi connectivity index (χ1v) is 11.0. The maximum Gasteiger partial charge on any atom is 0.266 e. The number of likely N-dealkylation sites (tertiary alicyclic amines) is 1. The van der Waals surface area contributed by atoms with Gasteiger partial charge < -0.3 is 14.7 Å². The third-order valence-electron chi connectivity index (χ3n) is 6.71. The molecule has 1 N–H and O–H groups in total. The molecule has 28 heavy (non-hydrogen) atoms. The second-order valence-electron chi connectivity index (χ2n) is 9.25. The number of fused-ring (bicyclic) bond motifs is 1. The molecular formula is C22H29Cl2NO3. The molecule has 3 aliphatic rings. The highest BCUT2D eigenvalue weighted by Crippen LogP contribution is 2.59. The van der Waals surface area contributed by atoms with Gasteiger partial charge in [-0.25, -0.2) is 0 Å². The van der Waals surface area contributed by atoms with Gasteiger partial charge in [-0.2, -0.15) is 0 Å². The van der Waals surface area contributed by atoms with Gasteiger partial charge in [-0.1, -0.05) is 25.0 Å². The van der Waals surface area contributed by atoms with E-state index in [1.165, 1.54) is 0 Å². The van der Waals surface area contributed by atoms with Crippen molar-refractivity contribution in [3.8, 4) is 5.75 Å². The van der Waals surface area contributed by atoms with Crippen LogP contribution >= 0.6 is 23.2 Å². The lowest BCUT2D eigenvalue weighted by atomic mass is 9.71. The zero-order valence-corrected chi connectivity index (χ0v) is 18.1. The van der Waals surface area contributed by atoms with E-state index in [1.807, 2.05) is 43.0 Å². The van der Waals surface area contributed by atoms with E-state index in [4.69, 9.17) is 27.9 Å². The molecule has 1 aliphatic heterocycles. The van der Waals surface area contributed by atoms with E-state index in [0.29, 0.717) is 25.3 Å². The molecule has 1 aromatic carbocycles. The molecule has 2 saturated carbocycles. The SMILES string of the molecule is CC(C)(Oc1ccc([C@@H]2CC2(Cl)Cl)cc1)C(=O)N1CC[C@@]2(O)CCCC[C@H]2C1. The molecule has 0 spiro atoms. The molecule has 1 amide bonds. The number of alkyl halides is 2. The van der Waals surface area contributed by atoms with Gasteiger partial charge in [0.25, 0.3) is 5.91 Å². The molecule has 4 rings (SSSR count). The molecule has 3 fully saturated rings. The summed E-state index contributed by atoms with van der Waals surface area (Å²) in [6.45, 7) is 4.84. The van der Waals surface area contributed by atoms with E-state index in [1.54, 1.807) is 0 Å². The second-order valence-corrected chi connectivity index (χ2v) is 10.8. The first kappa shape index (κ1) is 20.3. The molecular weight excluding hydrogens is 397 g/mol. The van der Waals surface area contributed by atoms with E-state index in [2.05, 4.69) is 0 Å². The topological polar surface area (TPSA) is 49.8 Å². The van der Waals surface area contributed by atoms with Crippen LogP contribution in [0.15, 0.2) is 24.3 Å². The smallest absolute Gasteiger partial charge is 0.266 e. The molecule has 1 aromatic rings. The molecule has 4 nitrogen and oxygen atoms in total. The zero-order valence-electron chi connectivity index (χ0n) is 16.6. The minimum atomic E-state index is -0.964. The van der Waals surface area contributed by atoms with Crippen LogP contribution in [0.3, 0.4) is 0 Å². The Labute approximate surface area is 177 Å². The van der Waals surface area contributed by atoms with Crippen molar-refractivity contribution in [2.24, 2.45) is 5.92 Å². The van der Waals surface area contributed by atoms with Crippen LogP contribution < -0.4 is 4.74 Å². The molecule has 0 bridgehead atoms. The van der Waals surface area contributed by atoms with Crippen molar-refractivity contribution in [3.63, 3.8) is 0 Å². The molecule has 0 unspecified atom stereocenters. The van der Waals surface area contributed by atoms with Crippen LogP contribution in [0.4, 0.5) is 0 Å². The van der Waals surface area contributed by atoms with Crippen LogP contribution in [0, 0.1) is 5.92 Å². The first-order valence-electron chi connectivity index (χ1n) is 10.3. The van der Waals surface area contributed by atoms with Crippen molar-refractivity contribution in [1.82, 2.24) is 4.90 Å². The lowest BCUT2D eigenvalue weighted by Gasteiger charge is -2.48. The molecule has 1 heterocycles. The van der Waals surface area contributed by atoms with Gasteiger partial charge in [-0.05, 0) is 57.2 Å². The van der Waals surface area contributed by atoms with Gasteiger partial charge in [0.05, 0.1) is 5.60 Å². The standard InChI is InChI=1S/C22H29Cl2NO3/c1-20(2,28-17-8-6-15(7-9-17)18-13-22(18,23)24)19(26)25-12-11-21(27)10-4-3-5-16(21)14-25/h6-9,16,18,27H,3-5,10-14H2,1-2H3/t16-,18-,21-/m0/s1. The Morgan fingerprint density at radius 1 is 1.21 bits per heavy atom. The monoisotopic (exact) mass is 425 g/mol. The van der Waals surface area contributed by atoms with Crippen molar-refractivity contribution in [2.45, 2.75) is 73.8 Å². The predicted molar refractivity (Wildman–Crippen MR) is 111 cm³/mol. The van der Waals surface area contributed by atoms with Crippen molar-refractivity contribution >= 4 is 29.1 Å². The van der Waals surface area contributed by atoms with Crippen LogP contribution in [-0.4, -0.2) is 44.5 Å². The maximum absolute atomic E-state index is 13.2. The normalized spacial score (nSPS) is 31.8. The molecule has 0 aromatic heterocycles. The fourth-order valence-electron chi connectivity index (χ4n) is 4.82. The summed E-state index contributed by atoms with van der Waals surface area (Å²) in [6.07, 6.45) is 5.50. The summed E-state index contributed by atoms with van der Waals surface area (Å²) >= 11 is 12.3. The first-order chi connectivity index (χ1) is 13.1. The molecule has 154 valence electrons. The van der Waals surface area contributed by atoms with Crippen molar-refractivity contribution in [1.29, 1.82) is 0 Å². The lowest BCUT2D eigenvalue weighted by Crippen LogP contribution is -2.58. The van der Waals surface area contributed by atoms with Crippen molar-refractivity contribution in [3.05, 3.63) is 29.8 Å². The Morgan fingerprint density at radius 3 is 2.54 bits per heavy atom. The number of hydrogen-bond acceptors (Lipinski definition) is 3. The lowest BCUT2D eigenvalue weighted by molar-refractivity contribution is -0.156. The van der Waals surface area contributed by atoms with Crippen LogP contribution in [0.25, 0.3) is 0 Å². The highest BCUT2D eigenvalue weighted by Gasteiger charge is 2.52. The largest absolute Gasteiger partial charge is 0.478 e. The van der Waals surface area contributed by atoms with Gasteiger partial charge in [-0.3, -0.25) is 4.79 Å². The van der Waals surface area contributed by atoms with Gasteiger partial charge in [0.1, 0.15) is 10.1 Å². The average Bonchev–Trinajstić information content (AvgIpc) is 3.29. The zero-order chi connectivity index (χ0) is 20.2. The molecule has 1 saturated heterocycles. The predicted octanol–water partition coefficient (Wildman–Crippen LogP) is 4.66. The van der Waals surface area contributed by atoms with Crippen molar-refractivity contribution < 1.29 is 14.6 Å². The van der Waals surface area contributed by atoms with Crippen molar-refractivity contribution in [2.75, 3.05) is 13.1 Å². The third kappa shape index (κ3) is 3.88. The Bertz CT molecular complexity index is 749. The number of nitrogens with zero attached hydrogens (tertiary/aromatic N) is 1. The minimum Gasteiger partial charge on any atom is -0.478 e. The Balaban J connectivity index is 1.39. The number of halogens is 2. The fourth-order valence-corrected chi connectivity index (χ4v) is 5.38. The van der Waals surface area contributed by atoms with E-state index in [0.717, 1.165) is 37.7 Å². The fraction of sp³-hybridized carbons (Fsp3) is 0.682. The van der Waals surface area contributed by atoms with Crippen LogP contribution in [0.5, 0.6) is 5.75 Å². The number of benzene rings is 1. The van der Waals surface area contributed by atoms with Gasteiger partial charge in [0.15, 0.2) is 5.60 Å². The number of rotatable bonds is 4. The molecule has 0 radical (unpaired) electrons. The third-order valence-corrected chi connectivity index (χ3v) is 7.55. The van der Waals surface area contributed by atoms with E-state index in [-0.39, 0.29) is 17.7 Å².